The largest absolute Gasteiger partial charge is 0.444 e. The van der Waals surface area contributed by atoms with Crippen molar-refractivity contribution >= 4 is 29.0 Å². The number of carbonyl (C=O) groups is 1. The molecule has 1 atom stereocenters. The van der Waals surface area contributed by atoms with Crippen LogP contribution >= 0.6 is 0 Å². The van der Waals surface area contributed by atoms with E-state index >= 15 is 0 Å². The zero-order valence-electron chi connectivity index (χ0n) is 21.1. The third kappa shape index (κ3) is 5.58. The summed E-state index contributed by atoms with van der Waals surface area (Å²) < 4.78 is 39.4. The molecule has 2 fully saturated rings. The standard InChI is InChI=1S/C23H31F2N9O3/c1-23(2,3)37-22(35)32-5-4-15(12-32)10-26-18-17-19(30-21(29-18)31-6-8-36-9-7-31)33(14-27-17)16-11-28-34(13-16)20(24)25/h11,13-15,20H,4-10,12H2,1-3H3,(H,26,29,30). The van der Waals surface area contributed by atoms with Crippen LogP contribution in [0.15, 0.2) is 18.7 Å². The number of rotatable bonds is 6. The first-order valence-electron chi connectivity index (χ1n) is 12.3. The van der Waals surface area contributed by atoms with E-state index in [4.69, 9.17) is 19.4 Å². The summed E-state index contributed by atoms with van der Waals surface area (Å²) in [5, 5.41) is 7.14. The molecule has 12 nitrogen and oxygen atoms in total. The Balaban J connectivity index is 1.38. The number of alkyl halides is 2. The van der Waals surface area contributed by atoms with Gasteiger partial charge in [-0.15, -0.1) is 0 Å². The van der Waals surface area contributed by atoms with Crippen molar-refractivity contribution in [1.82, 2.24) is 34.2 Å². The minimum absolute atomic E-state index is 0.204. The molecule has 0 aliphatic carbocycles. The first kappa shape index (κ1) is 25.1. The Labute approximate surface area is 212 Å². The maximum Gasteiger partial charge on any atom is 0.410 e. The van der Waals surface area contributed by atoms with Gasteiger partial charge in [-0.05, 0) is 33.1 Å². The SMILES string of the molecule is CC(C)(C)OC(=O)N1CCC(CNc2nc(N3CCOCC3)nc3c2ncn3-c2cnn(C(F)F)c2)C1. The number of carbonyl (C=O) groups excluding carboxylic acids is 1. The average Bonchev–Trinajstić information content (AvgIpc) is 3.61. The minimum Gasteiger partial charge on any atom is -0.444 e. The minimum atomic E-state index is -2.74. The van der Waals surface area contributed by atoms with Crippen LogP contribution in [0.5, 0.6) is 0 Å². The summed E-state index contributed by atoms with van der Waals surface area (Å²) in [5.74, 6) is 1.25. The van der Waals surface area contributed by atoms with Crippen LogP contribution in [0.3, 0.4) is 0 Å². The Bertz CT molecular complexity index is 1250. The summed E-state index contributed by atoms with van der Waals surface area (Å²) in [6.45, 7) is 6.98. The lowest BCUT2D eigenvalue weighted by molar-refractivity contribution is 0.0289. The number of hydrogen-bond acceptors (Lipinski definition) is 9. The van der Waals surface area contributed by atoms with Crippen molar-refractivity contribution in [3.63, 3.8) is 0 Å². The van der Waals surface area contributed by atoms with E-state index in [1.54, 1.807) is 9.47 Å². The Morgan fingerprint density at radius 1 is 1.24 bits per heavy atom. The van der Waals surface area contributed by atoms with E-state index in [0.29, 0.717) is 79.2 Å². The second-order valence-corrected chi connectivity index (χ2v) is 10.2. The molecule has 3 aromatic rings. The zero-order chi connectivity index (χ0) is 26.2. The maximum atomic E-state index is 13.1. The molecule has 2 aliphatic rings. The number of nitrogens with zero attached hydrogens (tertiary/aromatic N) is 8. The summed E-state index contributed by atoms with van der Waals surface area (Å²) in [5.41, 5.74) is 0.878. The van der Waals surface area contributed by atoms with Crippen molar-refractivity contribution in [2.75, 3.05) is 56.2 Å². The predicted molar refractivity (Wildman–Crippen MR) is 131 cm³/mol. The van der Waals surface area contributed by atoms with Gasteiger partial charge in [-0.25, -0.2) is 14.5 Å². The van der Waals surface area contributed by atoms with Crippen molar-refractivity contribution in [3.05, 3.63) is 18.7 Å². The van der Waals surface area contributed by atoms with Crippen LogP contribution in [-0.2, 0) is 9.47 Å². The highest BCUT2D eigenvalue weighted by Crippen LogP contribution is 2.27. The van der Waals surface area contributed by atoms with Crippen molar-refractivity contribution < 1.29 is 23.0 Å². The molecule has 2 aliphatic heterocycles. The van der Waals surface area contributed by atoms with Gasteiger partial charge in [-0.2, -0.15) is 23.8 Å². The molecule has 200 valence electrons. The fourth-order valence-electron chi connectivity index (χ4n) is 4.40. The highest BCUT2D eigenvalue weighted by atomic mass is 19.3. The molecule has 1 N–H and O–H groups in total. The van der Waals surface area contributed by atoms with Crippen molar-refractivity contribution in [2.45, 2.75) is 39.3 Å². The van der Waals surface area contributed by atoms with E-state index in [1.807, 2.05) is 25.7 Å². The smallest absolute Gasteiger partial charge is 0.410 e. The van der Waals surface area contributed by atoms with Gasteiger partial charge in [0.15, 0.2) is 17.0 Å². The first-order chi connectivity index (χ1) is 17.7. The Morgan fingerprint density at radius 2 is 2.03 bits per heavy atom. The molecule has 0 bridgehead atoms. The number of ether oxygens (including phenoxy) is 2. The number of morpholine rings is 1. The monoisotopic (exact) mass is 519 g/mol. The lowest BCUT2D eigenvalue weighted by Crippen LogP contribution is -2.37. The fourth-order valence-corrected chi connectivity index (χ4v) is 4.40. The van der Waals surface area contributed by atoms with E-state index in [-0.39, 0.29) is 12.0 Å². The lowest BCUT2D eigenvalue weighted by atomic mass is 10.1. The van der Waals surface area contributed by atoms with E-state index in [9.17, 15) is 13.6 Å². The molecule has 0 aromatic carbocycles. The molecule has 2 saturated heterocycles. The van der Waals surface area contributed by atoms with Crippen LogP contribution in [-0.4, -0.2) is 91.8 Å². The highest BCUT2D eigenvalue weighted by Gasteiger charge is 2.30. The molecule has 0 radical (unpaired) electrons. The number of imidazole rings is 1. The lowest BCUT2D eigenvalue weighted by Gasteiger charge is -2.27. The van der Waals surface area contributed by atoms with Gasteiger partial charge in [0.05, 0.1) is 31.3 Å². The summed E-state index contributed by atoms with van der Waals surface area (Å²) in [6, 6.07) is 0. The van der Waals surface area contributed by atoms with Crippen LogP contribution in [0.4, 0.5) is 25.3 Å². The number of amides is 1. The molecular weight excluding hydrogens is 488 g/mol. The van der Waals surface area contributed by atoms with Gasteiger partial charge in [-0.1, -0.05) is 0 Å². The third-order valence-corrected chi connectivity index (χ3v) is 6.24. The molecule has 1 amide bonds. The van der Waals surface area contributed by atoms with E-state index in [0.717, 1.165) is 6.42 Å². The first-order valence-corrected chi connectivity index (χ1v) is 12.3. The number of nitrogens with one attached hydrogen (secondary N) is 1. The number of likely N-dealkylation sites (tertiary alicyclic amines) is 1. The molecule has 0 spiro atoms. The normalized spacial score (nSPS) is 18.7. The van der Waals surface area contributed by atoms with E-state index in [1.165, 1.54) is 18.7 Å². The number of halogens is 2. The highest BCUT2D eigenvalue weighted by molar-refractivity contribution is 5.85. The zero-order valence-corrected chi connectivity index (χ0v) is 21.1. The summed E-state index contributed by atoms with van der Waals surface area (Å²) in [4.78, 5) is 30.1. The molecule has 37 heavy (non-hydrogen) atoms. The van der Waals surface area contributed by atoms with Crippen molar-refractivity contribution in [2.24, 2.45) is 5.92 Å². The fraction of sp³-hybridized carbons (Fsp3) is 0.609. The van der Waals surface area contributed by atoms with Crippen molar-refractivity contribution in [3.8, 4) is 5.69 Å². The summed E-state index contributed by atoms with van der Waals surface area (Å²) in [6.07, 6.45) is 4.65. The van der Waals surface area contributed by atoms with E-state index < -0.39 is 12.2 Å². The van der Waals surface area contributed by atoms with Crippen LogP contribution in [0.25, 0.3) is 16.9 Å². The molecule has 5 heterocycles. The molecule has 1 unspecified atom stereocenters. The molecular formula is C23H31F2N9O3. The van der Waals surface area contributed by atoms with Gasteiger partial charge in [0.25, 0.3) is 0 Å². The Kier molecular flexibility index (Phi) is 6.84. The number of aromatic nitrogens is 6. The average molecular weight is 520 g/mol. The topological polar surface area (TPSA) is 115 Å². The van der Waals surface area contributed by atoms with Gasteiger partial charge < -0.3 is 24.6 Å². The molecule has 5 rings (SSSR count). The van der Waals surface area contributed by atoms with Crippen LogP contribution < -0.4 is 10.2 Å². The quantitative estimate of drug-likeness (QED) is 0.525. The predicted octanol–water partition coefficient (Wildman–Crippen LogP) is 2.91. The van der Waals surface area contributed by atoms with Gasteiger partial charge in [0.1, 0.15) is 11.9 Å². The van der Waals surface area contributed by atoms with Gasteiger partial charge in [-0.3, -0.25) is 4.57 Å². The molecule has 3 aromatic heterocycles. The Morgan fingerprint density at radius 3 is 2.73 bits per heavy atom. The molecule has 14 heteroatoms. The second-order valence-electron chi connectivity index (χ2n) is 10.2. The van der Waals surface area contributed by atoms with Gasteiger partial charge >= 0.3 is 12.6 Å². The Hall–Kier alpha value is -3.55. The second kappa shape index (κ2) is 10.1. The number of hydrogen-bond donors (Lipinski definition) is 1. The van der Waals surface area contributed by atoms with Crippen LogP contribution in [0, 0.1) is 5.92 Å². The maximum absolute atomic E-state index is 13.1. The van der Waals surface area contributed by atoms with Crippen LogP contribution in [0.1, 0.15) is 33.7 Å². The molecule has 0 saturated carbocycles. The van der Waals surface area contributed by atoms with E-state index in [2.05, 4.69) is 15.4 Å². The number of anilines is 2. The van der Waals surface area contributed by atoms with Crippen LogP contribution in [0.2, 0.25) is 0 Å². The van der Waals surface area contributed by atoms with Crippen molar-refractivity contribution in [1.29, 1.82) is 0 Å². The number of fused-ring (bicyclic) bond motifs is 1. The third-order valence-electron chi connectivity index (χ3n) is 6.24. The van der Waals surface area contributed by atoms with Gasteiger partial charge in [0, 0.05) is 32.7 Å². The summed E-state index contributed by atoms with van der Waals surface area (Å²) in [7, 11) is 0. The van der Waals surface area contributed by atoms with Gasteiger partial charge in [0.2, 0.25) is 5.95 Å². The summed E-state index contributed by atoms with van der Waals surface area (Å²) >= 11 is 0.